The molecule has 0 radical (unpaired) electrons. The van der Waals surface area contributed by atoms with E-state index in [2.05, 4.69) is 28.1 Å². The molecule has 0 aliphatic heterocycles. The summed E-state index contributed by atoms with van der Waals surface area (Å²) < 4.78 is 1.03. The molecule has 0 saturated carbocycles. The molecule has 0 spiro atoms. The van der Waals surface area contributed by atoms with Crippen molar-refractivity contribution in [2.75, 3.05) is 0 Å². The lowest BCUT2D eigenvalue weighted by Crippen LogP contribution is -1.95. The summed E-state index contributed by atoms with van der Waals surface area (Å²) in [5.41, 5.74) is 1.95. The smallest absolute Gasteiger partial charge is 0.163 e. The van der Waals surface area contributed by atoms with Gasteiger partial charge in [-0.1, -0.05) is 60.7 Å². The zero-order chi connectivity index (χ0) is 17.6. The SMILES string of the molecule is CC(=O)c1cccc(-c2c3ccccc3c(Br)c3ccccc23)c1O. The molecule has 0 aliphatic rings. The third-order valence-corrected chi connectivity index (χ3v) is 5.40. The number of ketones is 1. The Bertz CT molecular complexity index is 1090. The Morgan fingerprint density at radius 2 is 1.32 bits per heavy atom. The summed E-state index contributed by atoms with van der Waals surface area (Å²) in [5, 5.41) is 15.0. The van der Waals surface area contributed by atoms with Crippen molar-refractivity contribution in [3.8, 4) is 16.9 Å². The number of phenolic OH excluding ortho intramolecular Hbond substituents is 1. The first-order valence-corrected chi connectivity index (χ1v) is 8.81. The number of halogens is 1. The molecule has 0 fully saturated rings. The number of aromatic hydroxyl groups is 1. The van der Waals surface area contributed by atoms with E-state index in [-0.39, 0.29) is 11.5 Å². The van der Waals surface area contributed by atoms with Gasteiger partial charge < -0.3 is 5.11 Å². The van der Waals surface area contributed by atoms with E-state index in [9.17, 15) is 9.90 Å². The maximum Gasteiger partial charge on any atom is 0.163 e. The average Bonchev–Trinajstić information content (AvgIpc) is 2.63. The molecule has 25 heavy (non-hydrogen) atoms. The van der Waals surface area contributed by atoms with Crippen molar-refractivity contribution in [1.82, 2.24) is 0 Å². The summed E-state index contributed by atoms with van der Waals surface area (Å²) in [6, 6.07) is 21.5. The lowest BCUT2D eigenvalue weighted by atomic mass is 9.90. The highest BCUT2D eigenvalue weighted by atomic mass is 79.9. The molecule has 0 heterocycles. The molecule has 3 heteroatoms. The van der Waals surface area contributed by atoms with Gasteiger partial charge in [-0.2, -0.15) is 0 Å². The molecular weight excluding hydrogens is 376 g/mol. The Kier molecular flexibility index (Phi) is 3.81. The summed E-state index contributed by atoms with van der Waals surface area (Å²) in [6.45, 7) is 1.47. The zero-order valence-electron chi connectivity index (χ0n) is 13.6. The van der Waals surface area contributed by atoms with Gasteiger partial charge in [0.05, 0.1) is 5.56 Å². The first-order chi connectivity index (χ1) is 12.1. The van der Waals surface area contributed by atoms with Gasteiger partial charge in [0.15, 0.2) is 5.78 Å². The van der Waals surface area contributed by atoms with Crippen LogP contribution in [-0.2, 0) is 0 Å². The van der Waals surface area contributed by atoms with Crippen LogP contribution in [-0.4, -0.2) is 10.9 Å². The van der Waals surface area contributed by atoms with Crippen molar-refractivity contribution >= 4 is 43.3 Å². The second kappa shape index (κ2) is 6.01. The Labute approximate surface area is 153 Å². The average molecular weight is 391 g/mol. The van der Waals surface area contributed by atoms with Crippen LogP contribution in [0.1, 0.15) is 17.3 Å². The van der Waals surface area contributed by atoms with Crippen LogP contribution in [0.3, 0.4) is 0 Å². The highest BCUT2D eigenvalue weighted by Gasteiger charge is 2.18. The summed E-state index contributed by atoms with van der Waals surface area (Å²) in [4.78, 5) is 11.9. The molecule has 2 nitrogen and oxygen atoms in total. The number of fused-ring (bicyclic) bond motifs is 2. The fraction of sp³-hybridized carbons (Fsp3) is 0.0455. The molecule has 0 aliphatic carbocycles. The van der Waals surface area contributed by atoms with Crippen LogP contribution in [0.15, 0.2) is 71.2 Å². The van der Waals surface area contributed by atoms with Gasteiger partial charge in [0.2, 0.25) is 0 Å². The normalized spacial score (nSPS) is 11.1. The first kappa shape index (κ1) is 15.9. The van der Waals surface area contributed by atoms with Crippen LogP contribution < -0.4 is 0 Å². The van der Waals surface area contributed by atoms with Gasteiger partial charge in [-0.15, -0.1) is 0 Å². The monoisotopic (exact) mass is 390 g/mol. The van der Waals surface area contributed by atoms with Gasteiger partial charge in [0.25, 0.3) is 0 Å². The van der Waals surface area contributed by atoms with E-state index in [1.54, 1.807) is 6.07 Å². The van der Waals surface area contributed by atoms with E-state index in [1.165, 1.54) is 6.92 Å². The molecule has 4 aromatic rings. The van der Waals surface area contributed by atoms with Crippen LogP contribution in [0.5, 0.6) is 5.75 Å². The maximum atomic E-state index is 11.9. The Balaban J connectivity index is 2.23. The second-order valence-electron chi connectivity index (χ2n) is 6.04. The second-order valence-corrected chi connectivity index (χ2v) is 6.83. The number of carbonyl (C=O) groups is 1. The van der Waals surface area contributed by atoms with Crippen LogP contribution in [0.2, 0.25) is 0 Å². The quantitative estimate of drug-likeness (QED) is 0.320. The van der Waals surface area contributed by atoms with Crippen molar-refractivity contribution in [2.24, 2.45) is 0 Å². The zero-order valence-corrected chi connectivity index (χ0v) is 15.2. The maximum absolute atomic E-state index is 11.9. The van der Waals surface area contributed by atoms with E-state index in [0.717, 1.165) is 31.6 Å². The van der Waals surface area contributed by atoms with E-state index in [0.29, 0.717) is 11.1 Å². The van der Waals surface area contributed by atoms with Crippen LogP contribution in [0.4, 0.5) is 0 Å². The minimum atomic E-state index is -0.148. The lowest BCUT2D eigenvalue weighted by Gasteiger charge is -2.16. The predicted octanol–water partition coefficient (Wildman–Crippen LogP) is 6.33. The molecule has 1 N–H and O–H groups in total. The summed E-state index contributed by atoms with van der Waals surface area (Å²) in [5.74, 6) is -0.113. The molecule has 0 aromatic heterocycles. The molecule has 4 aromatic carbocycles. The predicted molar refractivity (Wildman–Crippen MR) is 106 cm³/mol. The third kappa shape index (κ3) is 2.43. The fourth-order valence-corrected chi connectivity index (χ4v) is 4.09. The minimum Gasteiger partial charge on any atom is -0.507 e. The highest BCUT2D eigenvalue weighted by molar-refractivity contribution is 9.10. The molecule has 0 saturated heterocycles. The van der Waals surface area contributed by atoms with Gasteiger partial charge in [-0.05, 0) is 50.5 Å². The summed E-state index contributed by atoms with van der Waals surface area (Å²) >= 11 is 3.73. The molecule has 0 bridgehead atoms. The number of hydrogen-bond acceptors (Lipinski definition) is 2. The fourth-order valence-electron chi connectivity index (χ4n) is 3.39. The van der Waals surface area contributed by atoms with E-state index in [4.69, 9.17) is 0 Å². The Morgan fingerprint density at radius 3 is 1.84 bits per heavy atom. The van der Waals surface area contributed by atoms with Gasteiger partial charge in [0, 0.05) is 15.6 Å². The number of benzene rings is 4. The number of carbonyl (C=O) groups excluding carboxylic acids is 1. The number of phenols is 1. The molecule has 122 valence electrons. The van der Waals surface area contributed by atoms with Crippen LogP contribution >= 0.6 is 15.9 Å². The van der Waals surface area contributed by atoms with Crippen LogP contribution in [0.25, 0.3) is 32.7 Å². The molecule has 0 amide bonds. The molecule has 4 rings (SSSR count). The third-order valence-electron chi connectivity index (χ3n) is 4.55. The Hall–Kier alpha value is -2.65. The standard InChI is InChI=1S/C22H15BrO2/c1-13(24)14-11-6-12-19(22(14)25)20-15-7-2-4-9-17(15)21(23)18-10-5-3-8-16(18)20/h2-12,25H,1H3. The largest absolute Gasteiger partial charge is 0.507 e. The van der Waals surface area contributed by atoms with Gasteiger partial charge in [-0.3, -0.25) is 4.79 Å². The van der Waals surface area contributed by atoms with E-state index < -0.39 is 0 Å². The van der Waals surface area contributed by atoms with E-state index in [1.807, 2.05) is 48.5 Å². The number of rotatable bonds is 2. The lowest BCUT2D eigenvalue weighted by molar-refractivity contribution is 0.101. The highest BCUT2D eigenvalue weighted by Crippen LogP contribution is 2.44. The van der Waals surface area contributed by atoms with Gasteiger partial charge >= 0.3 is 0 Å². The molecule has 0 atom stereocenters. The number of hydrogen-bond donors (Lipinski definition) is 1. The van der Waals surface area contributed by atoms with E-state index >= 15 is 0 Å². The number of Topliss-reactive ketones (excluding diaryl/α,β-unsaturated/α-hetero) is 1. The van der Waals surface area contributed by atoms with Crippen molar-refractivity contribution in [3.05, 3.63) is 76.8 Å². The number of para-hydroxylation sites is 1. The van der Waals surface area contributed by atoms with Crippen molar-refractivity contribution < 1.29 is 9.90 Å². The first-order valence-electron chi connectivity index (χ1n) is 8.02. The molecular formula is C22H15BrO2. The van der Waals surface area contributed by atoms with Gasteiger partial charge in [-0.25, -0.2) is 0 Å². The van der Waals surface area contributed by atoms with Crippen molar-refractivity contribution in [3.63, 3.8) is 0 Å². The summed E-state index contributed by atoms with van der Waals surface area (Å²) in [7, 11) is 0. The van der Waals surface area contributed by atoms with Crippen molar-refractivity contribution in [1.29, 1.82) is 0 Å². The summed E-state index contributed by atoms with van der Waals surface area (Å²) in [6.07, 6.45) is 0. The topological polar surface area (TPSA) is 37.3 Å². The Morgan fingerprint density at radius 1 is 0.800 bits per heavy atom. The van der Waals surface area contributed by atoms with Gasteiger partial charge in [0.1, 0.15) is 5.75 Å². The molecule has 0 unspecified atom stereocenters. The minimum absolute atomic E-state index is 0.0348. The van der Waals surface area contributed by atoms with Crippen LogP contribution in [0, 0.1) is 0 Å². The van der Waals surface area contributed by atoms with Crippen molar-refractivity contribution in [2.45, 2.75) is 6.92 Å².